The van der Waals surface area contributed by atoms with Crippen molar-refractivity contribution >= 4 is 11.6 Å². The molecule has 13 heavy (non-hydrogen) atoms. The lowest BCUT2D eigenvalue weighted by molar-refractivity contribution is 0.430. The van der Waals surface area contributed by atoms with Crippen LogP contribution in [0.25, 0.3) is 11.3 Å². The van der Waals surface area contributed by atoms with E-state index in [4.69, 9.17) is 16.1 Å². The zero-order chi connectivity index (χ0) is 9.26. The second-order valence-corrected chi connectivity index (χ2v) is 3.19. The van der Waals surface area contributed by atoms with Crippen LogP contribution in [-0.2, 0) is 0 Å². The summed E-state index contributed by atoms with van der Waals surface area (Å²) in [5.74, 6) is 0.747. The summed E-state index contributed by atoms with van der Waals surface area (Å²) in [5.41, 5.74) is 1.87. The molecule has 0 N–H and O–H groups in total. The van der Waals surface area contributed by atoms with Crippen molar-refractivity contribution < 1.29 is 4.52 Å². The van der Waals surface area contributed by atoms with Gasteiger partial charge in [-0.25, -0.2) is 0 Å². The van der Waals surface area contributed by atoms with Gasteiger partial charge in [-0.15, -0.1) is 0 Å². The maximum Gasteiger partial charge on any atom is 0.170 e. The van der Waals surface area contributed by atoms with Crippen LogP contribution >= 0.6 is 11.6 Å². The molecule has 0 aliphatic carbocycles. The van der Waals surface area contributed by atoms with Crippen molar-refractivity contribution in [3.05, 3.63) is 41.0 Å². The van der Waals surface area contributed by atoms with E-state index in [1.54, 1.807) is 0 Å². The third kappa shape index (κ3) is 1.58. The lowest BCUT2D eigenvalue weighted by atomic mass is 10.1. The van der Waals surface area contributed by atoms with E-state index >= 15 is 0 Å². The van der Waals surface area contributed by atoms with E-state index in [1.165, 1.54) is 0 Å². The number of benzene rings is 1. The van der Waals surface area contributed by atoms with Gasteiger partial charge in [-0.05, 0) is 31.2 Å². The molecule has 3 heteroatoms. The van der Waals surface area contributed by atoms with Gasteiger partial charge >= 0.3 is 0 Å². The Morgan fingerprint density at radius 3 is 2.54 bits per heavy atom. The summed E-state index contributed by atoms with van der Waals surface area (Å²) in [5, 5.41) is 4.30. The fourth-order valence-corrected chi connectivity index (χ4v) is 1.25. The molecule has 1 radical (unpaired) electrons. The predicted molar refractivity (Wildman–Crippen MR) is 50.5 cm³/mol. The van der Waals surface area contributed by atoms with Gasteiger partial charge < -0.3 is 4.52 Å². The molecule has 0 unspecified atom stereocenters. The Kier molecular flexibility index (Phi) is 2.07. The molecular weight excluding hydrogens is 186 g/mol. The first-order valence-electron chi connectivity index (χ1n) is 3.87. The lowest BCUT2D eigenvalue weighted by Gasteiger charge is -1.96. The highest BCUT2D eigenvalue weighted by molar-refractivity contribution is 6.30. The van der Waals surface area contributed by atoms with E-state index in [-0.39, 0.29) is 0 Å². The molecular formula is C10H7ClNO. The molecule has 0 aliphatic rings. The molecule has 2 rings (SSSR count). The van der Waals surface area contributed by atoms with E-state index in [0.29, 0.717) is 5.02 Å². The Hall–Kier alpha value is -1.28. The second kappa shape index (κ2) is 3.23. The predicted octanol–water partition coefficient (Wildman–Crippen LogP) is 3.10. The molecule has 0 spiro atoms. The van der Waals surface area contributed by atoms with Gasteiger partial charge in [-0.2, -0.15) is 0 Å². The number of rotatable bonds is 1. The van der Waals surface area contributed by atoms with Crippen LogP contribution in [-0.4, -0.2) is 5.16 Å². The smallest absolute Gasteiger partial charge is 0.170 e. The molecule has 0 atom stereocenters. The van der Waals surface area contributed by atoms with Crippen LogP contribution < -0.4 is 0 Å². The van der Waals surface area contributed by atoms with Crippen molar-refractivity contribution in [2.24, 2.45) is 0 Å². The third-order valence-electron chi connectivity index (χ3n) is 1.80. The maximum atomic E-state index is 5.76. The third-order valence-corrected chi connectivity index (χ3v) is 2.05. The molecule has 0 bridgehead atoms. The topological polar surface area (TPSA) is 26.0 Å². The van der Waals surface area contributed by atoms with Gasteiger partial charge in [0.2, 0.25) is 0 Å². The van der Waals surface area contributed by atoms with Crippen molar-refractivity contribution in [2.75, 3.05) is 0 Å². The first kappa shape index (κ1) is 8.32. The molecule has 1 aromatic heterocycles. The Labute approximate surface area is 81.1 Å². The molecule has 0 fully saturated rings. The van der Waals surface area contributed by atoms with Crippen LogP contribution in [0.5, 0.6) is 0 Å². The summed E-state index contributed by atoms with van der Waals surface area (Å²) in [6, 6.07) is 7.42. The lowest BCUT2D eigenvalue weighted by Crippen LogP contribution is -1.76. The highest BCUT2D eigenvalue weighted by Crippen LogP contribution is 2.23. The highest BCUT2D eigenvalue weighted by atomic mass is 35.5. The number of halogens is 1. The molecule has 1 aromatic carbocycles. The molecule has 0 saturated heterocycles. The molecule has 2 aromatic rings. The van der Waals surface area contributed by atoms with Gasteiger partial charge in [0.05, 0.1) is 0 Å². The minimum absolute atomic E-state index is 0.713. The average molecular weight is 193 g/mol. The van der Waals surface area contributed by atoms with Crippen LogP contribution in [0.1, 0.15) is 5.56 Å². The van der Waals surface area contributed by atoms with Crippen LogP contribution in [0.4, 0.5) is 0 Å². The van der Waals surface area contributed by atoms with Gasteiger partial charge in [0.1, 0.15) is 6.20 Å². The van der Waals surface area contributed by atoms with Crippen molar-refractivity contribution in [3.8, 4) is 11.3 Å². The van der Waals surface area contributed by atoms with E-state index < -0.39 is 0 Å². The molecule has 2 nitrogen and oxygen atoms in total. The number of hydrogen-bond acceptors (Lipinski definition) is 2. The van der Waals surface area contributed by atoms with Crippen molar-refractivity contribution in [1.82, 2.24) is 5.16 Å². The van der Waals surface area contributed by atoms with Gasteiger partial charge in [0.15, 0.2) is 5.76 Å². The number of nitrogens with zero attached hydrogens (tertiary/aromatic N) is 1. The minimum Gasteiger partial charge on any atom is -0.355 e. The average Bonchev–Trinajstić information content (AvgIpc) is 2.53. The summed E-state index contributed by atoms with van der Waals surface area (Å²) >= 11 is 5.76. The van der Waals surface area contributed by atoms with Gasteiger partial charge in [-0.1, -0.05) is 16.8 Å². The van der Waals surface area contributed by atoms with E-state index in [9.17, 15) is 0 Å². The highest BCUT2D eigenvalue weighted by Gasteiger charge is 2.06. The van der Waals surface area contributed by atoms with Crippen molar-refractivity contribution in [2.45, 2.75) is 6.92 Å². The first-order valence-corrected chi connectivity index (χ1v) is 4.25. The Morgan fingerprint density at radius 1 is 1.31 bits per heavy atom. The quantitative estimate of drug-likeness (QED) is 0.694. The molecule has 0 aliphatic heterocycles. The van der Waals surface area contributed by atoms with Gasteiger partial charge in [-0.3, -0.25) is 0 Å². The van der Waals surface area contributed by atoms with Gasteiger partial charge in [0.25, 0.3) is 0 Å². The minimum atomic E-state index is 0.713. The fourth-order valence-electron chi connectivity index (χ4n) is 1.13. The van der Waals surface area contributed by atoms with Crippen molar-refractivity contribution in [3.63, 3.8) is 0 Å². The van der Waals surface area contributed by atoms with Crippen molar-refractivity contribution in [1.29, 1.82) is 0 Å². The second-order valence-electron chi connectivity index (χ2n) is 2.76. The standard InChI is InChI=1S/C10H7ClNO/c1-7-6-12-13-10(7)8-2-4-9(11)5-3-8/h2-5H,1H3. The van der Waals surface area contributed by atoms with E-state index in [1.807, 2.05) is 31.2 Å². The van der Waals surface area contributed by atoms with Gasteiger partial charge in [0, 0.05) is 16.1 Å². The Bertz CT molecular complexity index is 405. The summed E-state index contributed by atoms with van der Waals surface area (Å²) in [4.78, 5) is 0. The summed E-state index contributed by atoms with van der Waals surface area (Å²) in [7, 11) is 0. The van der Waals surface area contributed by atoms with Crippen LogP contribution in [0, 0.1) is 13.1 Å². The number of aryl methyl sites for hydroxylation is 1. The summed E-state index contributed by atoms with van der Waals surface area (Å²) in [6.45, 7) is 1.90. The zero-order valence-electron chi connectivity index (χ0n) is 7.04. The SMILES string of the molecule is Cc1[c]noc1-c1ccc(Cl)cc1. The monoisotopic (exact) mass is 192 g/mol. The molecule has 1 heterocycles. The molecule has 0 saturated carbocycles. The zero-order valence-corrected chi connectivity index (χ0v) is 7.80. The summed E-state index contributed by atoms with van der Waals surface area (Å²) in [6.07, 6.45) is 2.73. The summed E-state index contributed by atoms with van der Waals surface area (Å²) < 4.78 is 5.04. The molecule has 65 valence electrons. The largest absolute Gasteiger partial charge is 0.355 e. The van der Waals surface area contributed by atoms with Crippen LogP contribution in [0.15, 0.2) is 28.8 Å². The van der Waals surface area contributed by atoms with Crippen LogP contribution in [0.2, 0.25) is 5.02 Å². The Balaban J connectivity index is 2.47. The normalized spacial score (nSPS) is 10.3. The van der Waals surface area contributed by atoms with Crippen LogP contribution in [0.3, 0.4) is 0 Å². The Morgan fingerprint density at radius 2 is 2.00 bits per heavy atom. The first-order chi connectivity index (χ1) is 6.27. The molecule has 0 amide bonds. The number of hydrogen-bond donors (Lipinski definition) is 0. The number of aromatic nitrogens is 1. The maximum absolute atomic E-state index is 5.76. The van der Waals surface area contributed by atoms with E-state index in [2.05, 4.69) is 11.4 Å². The fraction of sp³-hybridized carbons (Fsp3) is 0.100. The van der Waals surface area contributed by atoms with E-state index in [0.717, 1.165) is 16.9 Å².